The van der Waals surface area contributed by atoms with Crippen LogP contribution in [0.25, 0.3) is 11.0 Å². The van der Waals surface area contributed by atoms with E-state index in [-0.39, 0.29) is 0 Å². The zero-order valence-electron chi connectivity index (χ0n) is 12.3. The van der Waals surface area contributed by atoms with Crippen LogP contribution in [0.2, 0.25) is 0 Å². The number of anilines is 1. The highest BCUT2D eigenvalue weighted by Gasteiger charge is 2.34. The lowest BCUT2D eigenvalue weighted by atomic mass is 10.1. The molecule has 0 aromatic carbocycles. The summed E-state index contributed by atoms with van der Waals surface area (Å²) < 4.78 is 0. The van der Waals surface area contributed by atoms with E-state index in [1.54, 1.807) is 12.5 Å². The average molecular weight is 284 g/mol. The molecule has 2 fully saturated rings. The van der Waals surface area contributed by atoms with Crippen LogP contribution >= 0.6 is 0 Å². The molecule has 0 N–H and O–H groups in total. The molecule has 4 rings (SSSR count). The van der Waals surface area contributed by atoms with E-state index in [2.05, 4.69) is 42.8 Å². The van der Waals surface area contributed by atoms with Crippen molar-refractivity contribution in [2.75, 3.05) is 51.2 Å². The number of aromatic nitrogens is 3. The number of piperazine rings is 1. The van der Waals surface area contributed by atoms with E-state index in [9.17, 15) is 0 Å². The van der Waals surface area contributed by atoms with Crippen molar-refractivity contribution < 1.29 is 0 Å². The fourth-order valence-corrected chi connectivity index (χ4v) is 3.18. The third-order valence-electron chi connectivity index (χ3n) is 4.60. The standard InChI is InChI=1S/C15H20N6/c1-19-5-7-20(8-6-19)12-9-21(10-12)15-13-3-2-4-16-14(13)17-11-18-15/h2-4,11-12H,5-10H2,1H3. The van der Waals surface area contributed by atoms with Gasteiger partial charge in [-0.25, -0.2) is 15.0 Å². The van der Waals surface area contributed by atoms with Gasteiger partial charge in [0.1, 0.15) is 12.1 Å². The van der Waals surface area contributed by atoms with Crippen LogP contribution in [-0.4, -0.2) is 77.1 Å². The first kappa shape index (κ1) is 12.9. The fourth-order valence-electron chi connectivity index (χ4n) is 3.18. The molecule has 2 aliphatic rings. The molecule has 0 atom stereocenters. The van der Waals surface area contributed by atoms with Crippen LogP contribution in [0, 0.1) is 0 Å². The molecule has 2 saturated heterocycles. The molecule has 0 spiro atoms. The van der Waals surface area contributed by atoms with E-state index in [1.165, 1.54) is 26.2 Å². The van der Waals surface area contributed by atoms with Gasteiger partial charge in [-0.3, -0.25) is 4.90 Å². The van der Waals surface area contributed by atoms with E-state index in [4.69, 9.17) is 0 Å². The summed E-state index contributed by atoms with van der Waals surface area (Å²) in [7, 11) is 2.20. The molecule has 2 aliphatic heterocycles. The van der Waals surface area contributed by atoms with Gasteiger partial charge in [0.15, 0.2) is 5.65 Å². The first-order valence-corrected chi connectivity index (χ1v) is 7.54. The molecule has 0 unspecified atom stereocenters. The Morgan fingerprint density at radius 1 is 1.05 bits per heavy atom. The number of rotatable bonds is 2. The minimum atomic E-state index is 0.667. The van der Waals surface area contributed by atoms with Crippen molar-refractivity contribution in [3.8, 4) is 0 Å². The van der Waals surface area contributed by atoms with E-state index in [0.717, 1.165) is 29.9 Å². The molecular weight excluding hydrogens is 264 g/mol. The first-order chi connectivity index (χ1) is 10.3. The van der Waals surface area contributed by atoms with Crippen molar-refractivity contribution in [2.24, 2.45) is 0 Å². The topological polar surface area (TPSA) is 48.4 Å². The maximum atomic E-state index is 4.47. The molecule has 0 radical (unpaired) electrons. The van der Waals surface area contributed by atoms with Gasteiger partial charge in [-0.1, -0.05) is 0 Å². The molecule has 2 aromatic heterocycles. The third kappa shape index (κ3) is 2.34. The second-order valence-corrected chi connectivity index (χ2v) is 5.97. The molecular formula is C15H20N6. The zero-order chi connectivity index (χ0) is 14.2. The summed E-state index contributed by atoms with van der Waals surface area (Å²) in [6.07, 6.45) is 3.40. The minimum absolute atomic E-state index is 0.667. The SMILES string of the molecule is CN1CCN(C2CN(c3ncnc4ncccc34)C2)CC1. The van der Waals surface area contributed by atoms with Crippen LogP contribution in [0.5, 0.6) is 0 Å². The van der Waals surface area contributed by atoms with Gasteiger partial charge in [0.05, 0.1) is 5.39 Å². The number of nitrogens with zero attached hydrogens (tertiary/aromatic N) is 6. The first-order valence-electron chi connectivity index (χ1n) is 7.54. The molecule has 21 heavy (non-hydrogen) atoms. The van der Waals surface area contributed by atoms with Gasteiger partial charge >= 0.3 is 0 Å². The van der Waals surface area contributed by atoms with Crippen LogP contribution in [0.1, 0.15) is 0 Å². The van der Waals surface area contributed by atoms with Gasteiger partial charge < -0.3 is 9.80 Å². The Balaban J connectivity index is 1.47. The minimum Gasteiger partial charge on any atom is -0.353 e. The smallest absolute Gasteiger partial charge is 0.164 e. The predicted molar refractivity (Wildman–Crippen MR) is 82.4 cm³/mol. The van der Waals surface area contributed by atoms with Crippen molar-refractivity contribution in [3.63, 3.8) is 0 Å². The summed E-state index contributed by atoms with van der Waals surface area (Å²) in [6, 6.07) is 4.67. The fraction of sp³-hybridized carbons (Fsp3) is 0.533. The third-order valence-corrected chi connectivity index (χ3v) is 4.60. The number of fused-ring (bicyclic) bond motifs is 1. The maximum Gasteiger partial charge on any atom is 0.164 e. The molecule has 0 amide bonds. The van der Waals surface area contributed by atoms with E-state index < -0.39 is 0 Å². The average Bonchev–Trinajstić information content (AvgIpc) is 2.48. The summed E-state index contributed by atoms with van der Waals surface area (Å²) in [5.74, 6) is 1.03. The second-order valence-electron chi connectivity index (χ2n) is 5.97. The molecule has 4 heterocycles. The van der Waals surface area contributed by atoms with Crippen LogP contribution in [0.4, 0.5) is 5.82 Å². The molecule has 110 valence electrons. The van der Waals surface area contributed by atoms with Gasteiger partial charge in [0.25, 0.3) is 0 Å². The van der Waals surface area contributed by atoms with Crippen molar-refractivity contribution >= 4 is 16.9 Å². The van der Waals surface area contributed by atoms with Crippen molar-refractivity contribution in [3.05, 3.63) is 24.7 Å². The Morgan fingerprint density at radius 3 is 2.67 bits per heavy atom. The van der Waals surface area contributed by atoms with Crippen LogP contribution in [0.15, 0.2) is 24.7 Å². The maximum absolute atomic E-state index is 4.47. The van der Waals surface area contributed by atoms with Crippen molar-refractivity contribution in [1.29, 1.82) is 0 Å². The monoisotopic (exact) mass is 284 g/mol. The molecule has 0 bridgehead atoms. The number of likely N-dealkylation sites (N-methyl/N-ethyl adjacent to an activating group) is 1. The second kappa shape index (κ2) is 5.20. The molecule has 6 heteroatoms. The Morgan fingerprint density at radius 2 is 1.86 bits per heavy atom. The van der Waals surface area contributed by atoms with Gasteiger partial charge in [-0.05, 0) is 19.2 Å². The molecule has 2 aromatic rings. The van der Waals surface area contributed by atoms with Gasteiger partial charge in [0, 0.05) is 51.5 Å². The summed E-state index contributed by atoms with van der Waals surface area (Å²) >= 11 is 0. The van der Waals surface area contributed by atoms with Gasteiger partial charge in [-0.15, -0.1) is 0 Å². The summed E-state index contributed by atoms with van der Waals surface area (Å²) in [6.45, 7) is 6.84. The summed E-state index contributed by atoms with van der Waals surface area (Å²) in [4.78, 5) is 20.4. The molecule has 6 nitrogen and oxygen atoms in total. The highest BCUT2D eigenvalue weighted by Crippen LogP contribution is 2.27. The summed E-state index contributed by atoms with van der Waals surface area (Å²) in [5, 5.41) is 1.05. The quantitative estimate of drug-likeness (QED) is 0.798. The number of hydrogen-bond donors (Lipinski definition) is 0. The lowest BCUT2D eigenvalue weighted by Gasteiger charge is -2.48. The Bertz CT molecular complexity index is 626. The zero-order valence-corrected chi connectivity index (χ0v) is 12.3. The predicted octanol–water partition coefficient (Wildman–Crippen LogP) is 0.461. The lowest BCUT2D eigenvalue weighted by Crippen LogP contribution is -2.63. The van der Waals surface area contributed by atoms with Gasteiger partial charge in [0.2, 0.25) is 0 Å². The van der Waals surface area contributed by atoms with Crippen LogP contribution < -0.4 is 4.90 Å². The van der Waals surface area contributed by atoms with E-state index >= 15 is 0 Å². The molecule has 0 saturated carbocycles. The van der Waals surface area contributed by atoms with Gasteiger partial charge in [-0.2, -0.15) is 0 Å². The lowest BCUT2D eigenvalue weighted by molar-refractivity contribution is 0.0962. The highest BCUT2D eigenvalue weighted by molar-refractivity contribution is 5.86. The van der Waals surface area contributed by atoms with E-state index in [0.29, 0.717) is 6.04 Å². The Labute approximate surface area is 124 Å². The number of pyridine rings is 1. The largest absolute Gasteiger partial charge is 0.353 e. The highest BCUT2D eigenvalue weighted by atomic mass is 15.4. The van der Waals surface area contributed by atoms with Crippen LogP contribution in [-0.2, 0) is 0 Å². The normalized spacial score (nSPS) is 21.7. The van der Waals surface area contributed by atoms with Crippen molar-refractivity contribution in [2.45, 2.75) is 6.04 Å². The number of hydrogen-bond acceptors (Lipinski definition) is 6. The Kier molecular flexibility index (Phi) is 3.20. The van der Waals surface area contributed by atoms with Crippen LogP contribution in [0.3, 0.4) is 0 Å². The summed E-state index contributed by atoms with van der Waals surface area (Å²) in [5.41, 5.74) is 0.783. The van der Waals surface area contributed by atoms with Crippen molar-refractivity contribution in [1.82, 2.24) is 24.8 Å². The van der Waals surface area contributed by atoms with E-state index in [1.807, 2.05) is 6.07 Å². The molecule has 0 aliphatic carbocycles. The Hall–Kier alpha value is -1.79.